The number of carbonyl (C=O) groups is 1. The highest BCUT2D eigenvalue weighted by atomic mass is 16.6. The number of likely N-dealkylation sites (tertiary alicyclic amines) is 1. The van der Waals surface area contributed by atoms with Crippen molar-refractivity contribution >= 4 is 11.8 Å². The van der Waals surface area contributed by atoms with Gasteiger partial charge in [-0.1, -0.05) is 6.07 Å². The van der Waals surface area contributed by atoms with Crippen LogP contribution in [-0.2, 0) is 15.9 Å². The van der Waals surface area contributed by atoms with Crippen LogP contribution >= 0.6 is 0 Å². The number of piperidine rings is 1. The van der Waals surface area contributed by atoms with E-state index in [2.05, 4.69) is 28.1 Å². The third-order valence-electron chi connectivity index (χ3n) is 7.45. The van der Waals surface area contributed by atoms with Crippen LogP contribution < -0.4 is 14.4 Å². The van der Waals surface area contributed by atoms with Gasteiger partial charge >= 0.3 is 6.09 Å². The number of amides is 1. The van der Waals surface area contributed by atoms with Crippen LogP contribution in [0.15, 0.2) is 48.7 Å². The lowest BCUT2D eigenvalue weighted by Gasteiger charge is -2.33. The van der Waals surface area contributed by atoms with Crippen molar-refractivity contribution in [1.82, 2.24) is 14.9 Å². The predicted octanol–water partition coefficient (Wildman–Crippen LogP) is 5.23. The van der Waals surface area contributed by atoms with Crippen LogP contribution in [-0.4, -0.2) is 79.2 Å². The molecular formula is C33H39N5O5. The number of nitrogens with zero attached hydrogens (tertiary/aromatic N) is 5. The minimum absolute atomic E-state index is 0.0890. The Morgan fingerprint density at radius 1 is 1.05 bits per heavy atom. The van der Waals surface area contributed by atoms with E-state index < -0.39 is 5.60 Å². The molecule has 1 amide bonds. The minimum atomic E-state index is -0.527. The molecule has 0 radical (unpaired) electrons. The molecule has 0 aliphatic carbocycles. The fourth-order valence-corrected chi connectivity index (χ4v) is 5.27. The molecule has 0 spiro atoms. The first-order chi connectivity index (χ1) is 20.7. The van der Waals surface area contributed by atoms with Gasteiger partial charge in [0, 0.05) is 57.2 Å². The maximum absolute atomic E-state index is 12.4. The van der Waals surface area contributed by atoms with Gasteiger partial charge in [-0.15, -0.1) is 0 Å². The number of benzene rings is 2. The highest BCUT2D eigenvalue weighted by Crippen LogP contribution is 2.31. The van der Waals surface area contributed by atoms with Crippen LogP contribution in [0.2, 0.25) is 0 Å². The summed E-state index contributed by atoms with van der Waals surface area (Å²) >= 11 is 0. The monoisotopic (exact) mass is 585 g/mol. The molecule has 0 N–H and O–H groups in total. The number of hydrogen-bond acceptors (Lipinski definition) is 9. The summed E-state index contributed by atoms with van der Waals surface area (Å²) in [6.07, 6.45) is 3.22. The number of anilines is 1. The van der Waals surface area contributed by atoms with Crippen molar-refractivity contribution in [2.24, 2.45) is 0 Å². The molecule has 2 fully saturated rings. The highest BCUT2D eigenvalue weighted by molar-refractivity contribution is 5.68. The first-order valence-electron chi connectivity index (χ1n) is 14.7. The molecule has 1 aromatic heterocycles. The molecule has 10 nitrogen and oxygen atoms in total. The molecule has 43 heavy (non-hydrogen) atoms. The van der Waals surface area contributed by atoms with Crippen LogP contribution in [0.25, 0.3) is 11.3 Å². The number of nitriles is 1. The predicted molar refractivity (Wildman–Crippen MR) is 162 cm³/mol. The summed E-state index contributed by atoms with van der Waals surface area (Å²) in [6, 6.07) is 15.9. The standard InChI is InChI=1S/C33H39N5O5/c1-33(2,3)43-32(39)38-13-10-26(11-14-38)42-29-8-6-24(21-25(29)22-34)27-9-12-35-31(36-27)20-23-5-7-28(30(19-23)40-4)37-15-17-41-18-16-37/h5-9,12,19,21,26H,10-11,13-18,20H2,1-4H3. The highest BCUT2D eigenvalue weighted by Gasteiger charge is 2.28. The summed E-state index contributed by atoms with van der Waals surface area (Å²) in [7, 11) is 1.69. The molecule has 3 heterocycles. The van der Waals surface area contributed by atoms with Crippen molar-refractivity contribution in [3.63, 3.8) is 0 Å². The Morgan fingerprint density at radius 3 is 2.51 bits per heavy atom. The third-order valence-corrected chi connectivity index (χ3v) is 7.45. The van der Waals surface area contributed by atoms with Gasteiger partial charge in [0.05, 0.1) is 37.3 Å². The Hall–Kier alpha value is -4.36. The molecule has 2 aromatic carbocycles. The lowest BCUT2D eigenvalue weighted by molar-refractivity contribution is 0.0126. The number of hydrogen-bond donors (Lipinski definition) is 0. The molecule has 3 aromatic rings. The van der Waals surface area contributed by atoms with Gasteiger partial charge < -0.3 is 28.7 Å². The molecule has 0 atom stereocenters. The summed E-state index contributed by atoms with van der Waals surface area (Å²) in [4.78, 5) is 25.7. The molecule has 2 aliphatic heterocycles. The second kappa shape index (κ2) is 13.3. The Kier molecular flexibility index (Phi) is 9.31. The van der Waals surface area contributed by atoms with Crippen molar-refractivity contribution in [3.8, 4) is 28.8 Å². The van der Waals surface area contributed by atoms with E-state index in [-0.39, 0.29) is 12.2 Å². The van der Waals surface area contributed by atoms with Gasteiger partial charge in [0.2, 0.25) is 0 Å². The Labute approximate surface area is 253 Å². The minimum Gasteiger partial charge on any atom is -0.495 e. The lowest BCUT2D eigenvalue weighted by Crippen LogP contribution is -2.44. The third kappa shape index (κ3) is 7.73. The van der Waals surface area contributed by atoms with E-state index in [1.54, 1.807) is 24.3 Å². The number of ether oxygens (including phenoxy) is 4. The van der Waals surface area contributed by atoms with Crippen molar-refractivity contribution in [1.29, 1.82) is 5.26 Å². The summed E-state index contributed by atoms with van der Waals surface area (Å²) < 4.78 is 22.9. The normalized spacial score (nSPS) is 16.0. The molecule has 2 saturated heterocycles. The molecule has 226 valence electrons. The van der Waals surface area contributed by atoms with Gasteiger partial charge in [0.25, 0.3) is 0 Å². The molecule has 2 aliphatic rings. The lowest BCUT2D eigenvalue weighted by atomic mass is 10.1. The maximum Gasteiger partial charge on any atom is 0.410 e. The largest absolute Gasteiger partial charge is 0.495 e. The van der Waals surface area contributed by atoms with Gasteiger partial charge in [0.15, 0.2) is 0 Å². The second-order valence-electron chi connectivity index (χ2n) is 11.7. The molecule has 0 saturated carbocycles. The zero-order valence-corrected chi connectivity index (χ0v) is 25.3. The first kappa shape index (κ1) is 30.1. The SMILES string of the molecule is COc1cc(Cc2nccc(-c3ccc(OC4CCN(C(=O)OC(C)(C)C)CC4)c(C#N)c3)n2)ccc1N1CCOCC1. The van der Waals surface area contributed by atoms with Gasteiger partial charge in [-0.05, 0) is 62.7 Å². The zero-order chi connectivity index (χ0) is 30.4. The average Bonchev–Trinajstić information content (AvgIpc) is 3.01. The molecule has 5 rings (SSSR count). The van der Waals surface area contributed by atoms with Crippen LogP contribution in [0.5, 0.6) is 11.5 Å². The van der Waals surface area contributed by atoms with E-state index in [0.717, 1.165) is 41.3 Å². The van der Waals surface area contributed by atoms with Crippen molar-refractivity contribution in [2.45, 2.75) is 51.7 Å². The Balaban J connectivity index is 1.24. The average molecular weight is 586 g/mol. The van der Waals surface area contributed by atoms with Gasteiger partial charge in [-0.2, -0.15) is 5.26 Å². The van der Waals surface area contributed by atoms with Crippen molar-refractivity contribution in [3.05, 3.63) is 65.6 Å². The molecule has 10 heteroatoms. The van der Waals surface area contributed by atoms with Crippen LogP contribution in [0.1, 0.15) is 50.6 Å². The topological polar surface area (TPSA) is 110 Å². The number of rotatable bonds is 7. The Bertz CT molecular complexity index is 1470. The molecule has 0 bridgehead atoms. The van der Waals surface area contributed by atoms with Gasteiger partial charge in [0.1, 0.15) is 35.1 Å². The Morgan fingerprint density at radius 2 is 1.81 bits per heavy atom. The van der Waals surface area contributed by atoms with Crippen molar-refractivity contribution < 1.29 is 23.7 Å². The van der Waals surface area contributed by atoms with E-state index in [9.17, 15) is 10.1 Å². The van der Waals surface area contributed by atoms with E-state index in [4.69, 9.17) is 23.9 Å². The smallest absolute Gasteiger partial charge is 0.410 e. The van der Waals surface area contributed by atoms with E-state index in [0.29, 0.717) is 62.7 Å². The van der Waals surface area contributed by atoms with Gasteiger partial charge in [-0.25, -0.2) is 14.8 Å². The second-order valence-corrected chi connectivity index (χ2v) is 11.7. The van der Waals surface area contributed by atoms with Crippen LogP contribution in [0.3, 0.4) is 0 Å². The summed E-state index contributed by atoms with van der Waals surface area (Å²) in [6.45, 7) is 9.76. The number of aromatic nitrogens is 2. The zero-order valence-electron chi connectivity index (χ0n) is 25.3. The maximum atomic E-state index is 12.4. The fraction of sp³-hybridized carbons (Fsp3) is 0.455. The van der Waals surface area contributed by atoms with E-state index >= 15 is 0 Å². The summed E-state index contributed by atoms with van der Waals surface area (Å²) in [5.74, 6) is 2.03. The van der Waals surface area contributed by atoms with E-state index in [1.807, 2.05) is 45.0 Å². The van der Waals surface area contributed by atoms with Crippen molar-refractivity contribution in [2.75, 3.05) is 51.4 Å². The van der Waals surface area contributed by atoms with Gasteiger partial charge in [-0.3, -0.25) is 0 Å². The summed E-state index contributed by atoms with van der Waals surface area (Å²) in [5.41, 5.74) is 3.56. The van der Waals surface area contributed by atoms with Crippen LogP contribution in [0.4, 0.5) is 10.5 Å². The molecule has 0 unspecified atom stereocenters. The quantitative estimate of drug-likeness (QED) is 0.368. The number of carbonyl (C=O) groups excluding carboxylic acids is 1. The van der Waals surface area contributed by atoms with E-state index in [1.165, 1.54) is 0 Å². The fourth-order valence-electron chi connectivity index (χ4n) is 5.27. The number of methoxy groups -OCH3 is 1. The number of morpholine rings is 1. The van der Waals surface area contributed by atoms with Crippen LogP contribution in [0, 0.1) is 11.3 Å². The first-order valence-corrected chi connectivity index (χ1v) is 14.7. The summed E-state index contributed by atoms with van der Waals surface area (Å²) in [5, 5.41) is 9.90. The molecular weight excluding hydrogens is 546 g/mol.